The second-order valence-electron chi connectivity index (χ2n) is 5.79. The highest BCUT2D eigenvalue weighted by Gasteiger charge is 2.17. The molecule has 0 aliphatic carbocycles. The summed E-state index contributed by atoms with van der Waals surface area (Å²) in [5, 5.41) is 9.15. The minimum absolute atomic E-state index is 0.124. The Bertz CT molecular complexity index is 1000. The van der Waals surface area contributed by atoms with Gasteiger partial charge < -0.3 is 13.5 Å². The highest BCUT2D eigenvalue weighted by atomic mass is 32.2. The summed E-state index contributed by atoms with van der Waals surface area (Å²) in [5.74, 6) is 2.00. The smallest absolute Gasteiger partial charge is 0.310 e. The zero-order chi connectivity index (χ0) is 20.0. The lowest BCUT2D eigenvalue weighted by atomic mass is 10.2. The number of hydrogen-bond donors (Lipinski definition) is 0. The number of methoxy groups -OCH3 is 1. The first kappa shape index (κ1) is 20.2. The molecule has 2 aromatic carbocycles. The van der Waals surface area contributed by atoms with E-state index in [0.29, 0.717) is 23.2 Å². The van der Waals surface area contributed by atoms with Crippen LogP contribution in [0, 0.1) is 0 Å². The van der Waals surface area contributed by atoms with Crippen LogP contribution in [0.4, 0.5) is 0 Å². The van der Waals surface area contributed by atoms with Crippen molar-refractivity contribution in [2.45, 2.75) is 18.6 Å². The van der Waals surface area contributed by atoms with Crippen LogP contribution < -0.4 is 8.92 Å². The molecule has 0 atom stereocenters. The molecule has 0 aliphatic rings. The van der Waals surface area contributed by atoms with Crippen molar-refractivity contribution in [3.05, 3.63) is 54.6 Å². The van der Waals surface area contributed by atoms with E-state index in [9.17, 15) is 8.42 Å². The van der Waals surface area contributed by atoms with E-state index in [-0.39, 0.29) is 5.75 Å². The van der Waals surface area contributed by atoms with E-state index in [1.807, 2.05) is 35.8 Å². The predicted octanol–water partition coefficient (Wildman–Crippen LogP) is 3.47. The number of thioether (sulfide) groups is 1. The molecular formula is C19H21N3O4S2. The van der Waals surface area contributed by atoms with Gasteiger partial charge in [-0.2, -0.15) is 8.42 Å². The summed E-state index contributed by atoms with van der Waals surface area (Å²) in [6.45, 7) is 2.67. The molecule has 0 bridgehead atoms. The number of para-hydroxylation sites is 1. The summed E-state index contributed by atoms with van der Waals surface area (Å²) in [5.41, 5.74) is 0.919. The van der Waals surface area contributed by atoms with Gasteiger partial charge in [-0.1, -0.05) is 30.0 Å². The highest BCUT2D eigenvalue weighted by Crippen LogP contribution is 2.25. The molecule has 148 valence electrons. The summed E-state index contributed by atoms with van der Waals surface area (Å²) in [7, 11) is -2.05. The molecule has 0 radical (unpaired) electrons. The Morgan fingerprint density at radius 2 is 1.71 bits per heavy atom. The zero-order valence-corrected chi connectivity index (χ0v) is 17.2. The van der Waals surface area contributed by atoms with Crippen LogP contribution in [-0.4, -0.2) is 41.8 Å². The molecule has 3 rings (SSSR count). The summed E-state index contributed by atoms with van der Waals surface area (Å²) in [6, 6.07) is 16.0. The van der Waals surface area contributed by atoms with E-state index in [4.69, 9.17) is 8.92 Å². The van der Waals surface area contributed by atoms with Gasteiger partial charge in [0.1, 0.15) is 11.5 Å². The topological polar surface area (TPSA) is 83.3 Å². The van der Waals surface area contributed by atoms with Crippen LogP contribution >= 0.6 is 11.8 Å². The Kier molecular flexibility index (Phi) is 6.58. The zero-order valence-electron chi connectivity index (χ0n) is 15.6. The number of aromatic nitrogens is 3. The van der Waals surface area contributed by atoms with Crippen LogP contribution in [0.2, 0.25) is 0 Å². The van der Waals surface area contributed by atoms with Crippen molar-refractivity contribution in [2.24, 2.45) is 0 Å². The summed E-state index contributed by atoms with van der Waals surface area (Å²) in [6.07, 6.45) is 0. The molecule has 1 heterocycles. The summed E-state index contributed by atoms with van der Waals surface area (Å²) < 4.78 is 36.5. The monoisotopic (exact) mass is 419 g/mol. The first-order chi connectivity index (χ1) is 13.5. The van der Waals surface area contributed by atoms with Crippen molar-refractivity contribution in [2.75, 3.05) is 18.6 Å². The normalized spacial score (nSPS) is 11.4. The van der Waals surface area contributed by atoms with Crippen LogP contribution in [0.5, 0.6) is 11.5 Å². The van der Waals surface area contributed by atoms with Crippen molar-refractivity contribution in [3.8, 4) is 22.9 Å². The predicted molar refractivity (Wildman–Crippen MR) is 109 cm³/mol. The first-order valence-corrected chi connectivity index (χ1v) is 11.3. The van der Waals surface area contributed by atoms with E-state index in [1.54, 1.807) is 37.4 Å². The van der Waals surface area contributed by atoms with E-state index >= 15 is 0 Å². The Labute approximate surface area is 168 Å². The second-order valence-corrected chi connectivity index (χ2v) is 8.54. The third-order valence-corrected chi connectivity index (χ3v) is 6.29. The van der Waals surface area contributed by atoms with Crippen LogP contribution in [0.15, 0.2) is 59.8 Å². The maximum Gasteiger partial charge on any atom is 0.310 e. The highest BCUT2D eigenvalue weighted by molar-refractivity contribution is 8.00. The van der Waals surface area contributed by atoms with Gasteiger partial charge in [0, 0.05) is 17.9 Å². The van der Waals surface area contributed by atoms with Crippen LogP contribution in [0.3, 0.4) is 0 Å². The second kappa shape index (κ2) is 9.11. The van der Waals surface area contributed by atoms with E-state index in [0.717, 1.165) is 17.1 Å². The molecule has 1 aromatic heterocycles. The van der Waals surface area contributed by atoms with Crippen molar-refractivity contribution in [1.82, 2.24) is 14.8 Å². The van der Waals surface area contributed by atoms with E-state index in [2.05, 4.69) is 10.2 Å². The lowest BCUT2D eigenvalue weighted by Gasteiger charge is -2.09. The Balaban J connectivity index is 1.65. The van der Waals surface area contributed by atoms with Crippen molar-refractivity contribution >= 4 is 21.9 Å². The van der Waals surface area contributed by atoms with Gasteiger partial charge in [0.25, 0.3) is 0 Å². The Morgan fingerprint density at radius 1 is 1.00 bits per heavy atom. The molecule has 28 heavy (non-hydrogen) atoms. The molecule has 0 saturated heterocycles. The quantitative estimate of drug-likeness (QED) is 0.388. The lowest BCUT2D eigenvalue weighted by Crippen LogP contribution is -2.15. The molecular weight excluding hydrogens is 398 g/mol. The van der Waals surface area contributed by atoms with Crippen LogP contribution in [-0.2, 0) is 16.7 Å². The molecule has 0 N–H and O–H groups in total. The average Bonchev–Trinajstić information content (AvgIpc) is 3.11. The maximum absolute atomic E-state index is 12.1. The van der Waals surface area contributed by atoms with Crippen molar-refractivity contribution < 1.29 is 17.3 Å². The molecule has 0 unspecified atom stereocenters. The number of hydrogen-bond acceptors (Lipinski definition) is 7. The van der Waals surface area contributed by atoms with Gasteiger partial charge in [0.2, 0.25) is 0 Å². The molecule has 9 heteroatoms. The molecule has 0 amide bonds. The molecule has 0 fully saturated rings. The van der Waals surface area contributed by atoms with Gasteiger partial charge in [-0.05, 0) is 43.3 Å². The molecule has 3 aromatic rings. The number of rotatable bonds is 9. The van der Waals surface area contributed by atoms with Gasteiger partial charge in [0.15, 0.2) is 11.0 Å². The standard InChI is InChI=1S/C19H21N3O4S2/c1-3-22-18(15-9-11-16(25-2)12-10-15)20-21-19(22)27-13-14-28(23,24)26-17-7-5-4-6-8-17/h4-12H,3,13-14H2,1-2H3. The van der Waals surface area contributed by atoms with Crippen molar-refractivity contribution in [1.29, 1.82) is 0 Å². The van der Waals surface area contributed by atoms with Crippen LogP contribution in [0.25, 0.3) is 11.4 Å². The van der Waals surface area contributed by atoms with E-state index in [1.165, 1.54) is 11.8 Å². The molecule has 0 aliphatic heterocycles. The summed E-state index contributed by atoms with van der Waals surface area (Å²) >= 11 is 1.34. The molecule has 0 spiro atoms. The third-order valence-electron chi connectivity index (χ3n) is 3.91. The first-order valence-electron chi connectivity index (χ1n) is 8.70. The maximum atomic E-state index is 12.1. The summed E-state index contributed by atoms with van der Waals surface area (Å²) in [4.78, 5) is 0. The molecule has 7 nitrogen and oxygen atoms in total. The van der Waals surface area contributed by atoms with Gasteiger partial charge in [0.05, 0.1) is 12.9 Å². The Morgan fingerprint density at radius 3 is 2.36 bits per heavy atom. The number of benzene rings is 2. The van der Waals surface area contributed by atoms with Gasteiger partial charge in [-0.25, -0.2) is 0 Å². The SMILES string of the molecule is CCn1c(SCCS(=O)(=O)Oc2ccccc2)nnc1-c1ccc(OC)cc1. The van der Waals surface area contributed by atoms with E-state index < -0.39 is 10.1 Å². The fourth-order valence-electron chi connectivity index (χ4n) is 2.53. The average molecular weight is 420 g/mol. The third kappa shape index (κ3) is 5.05. The van der Waals surface area contributed by atoms with Gasteiger partial charge >= 0.3 is 10.1 Å². The van der Waals surface area contributed by atoms with Crippen LogP contribution in [0.1, 0.15) is 6.92 Å². The fraction of sp³-hybridized carbons (Fsp3) is 0.263. The van der Waals surface area contributed by atoms with Crippen molar-refractivity contribution in [3.63, 3.8) is 0 Å². The largest absolute Gasteiger partial charge is 0.497 e. The molecule has 0 saturated carbocycles. The number of ether oxygens (including phenoxy) is 1. The van der Waals surface area contributed by atoms with Gasteiger partial charge in [-0.3, -0.25) is 0 Å². The number of nitrogens with zero attached hydrogens (tertiary/aromatic N) is 3. The fourth-order valence-corrected chi connectivity index (χ4v) is 4.82. The minimum atomic E-state index is -3.67. The lowest BCUT2D eigenvalue weighted by molar-refractivity contribution is 0.415. The van der Waals surface area contributed by atoms with Gasteiger partial charge in [-0.15, -0.1) is 10.2 Å². The minimum Gasteiger partial charge on any atom is -0.497 e. The Hall–Kier alpha value is -2.52.